The lowest BCUT2D eigenvalue weighted by atomic mass is 10.1. The van der Waals surface area contributed by atoms with Crippen molar-refractivity contribution in [1.82, 2.24) is 4.57 Å². The maximum absolute atomic E-state index is 12.7. The van der Waals surface area contributed by atoms with E-state index in [4.69, 9.17) is 4.74 Å². The van der Waals surface area contributed by atoms with Crippen molar-refractivity contribution >= 4 is 23.4 Å². The second kappa shape index (κ2) is 9.18. The van der Waals surface area contributed by atoms with Gasteiger partial charge in [0.2, 0.25) is 0 Å². The Morgan fingerprint density at radius 3 is 2.53 bits per heavy atom. The van der Waals surface area contributed by atoms with Crippen molar-refractivity contribution in [2.45, 2.75) is 20.8 Å². The number of anilines is 1. The quantitative estimate of drug-likeness (QED) is 0.260. The third kappa shape index (κ3) is 4.37. The Morgan fingerprint density at radius 1 is 1.19 bits per heavy atom. The summed E-state index contributed by atoms with van der Waals surface area (Å²) in [4.78, 5) is 23.3. The number of aromatic nitrogens is 1. The Kier molecular flexibility index (Phi) is 6.40. The largest absolute Gasteiger partial charge is 0.494 e. The molecule has 0 radical (unpaired) electrons. The molecule has 0 bridgehead atoms. The van der Waals surface area contributed by atoms with Crippen LogP contribution in [0.25, 0.3) is 11.8 Å². The molecular formula is C24H22N4O4. The average Bonchev–Trinajstić information content (AvgIpc) is 3.05. The number of rotatable bonds is 6. The summed E-state index contributed by atoms with van der Waals surface area (Å²) in [7, 11) is 1.45. The molecule has 3 rings (SSSR count). The first-order chi connectivity index (χ1) is 15.3. The highest BCUT2D eigenvalue weighted by Gasteiger charge is 2.18. The third-order valence-corrected chi connectivity index (χ3v) is 5.14. The van der Waals surface area contributed by atoms with Crippen LogP contribution in [-0.4, -0.2) is 22.5 Å². The fourth-order valence-corrected chi connectivity index (χ4v) is 3.48. The molecule has 0 unspecified atom stereocenters. The minimum absolute atomic E-state index is 0.0378. The standard InChI is InChI=1S/C24H22N4O4/c1-15-7-5-6-8-21(15)26-24(29)19(14-25)12-18-11-16(2)27(17(18)3)22-10-9-20(28(30)31)13-23(22)32-4/h5-13H,1-4H3,(H,26,29)/b19-12-. The van der Waals surface area contributed by atoms with Crippen LogP contribution in [0.4, 0.5) is 11.4 Å². The molecule has 0 aliphatic carbocycles. The first kappa shape index (κ1) is 22.3. The van der Waals surface area contributed by atoms with Crippen LogP contribution in [0, 0.1) is 42.2 Å². The van der Waals surface area contributed by atoms with E-state index in [1.165, 1.54) is 25.3 Å². The summed E-state index contributed by atoms with van der Waals surface area (Å²) in [6.07, 6.45) is 1.53. The maximum atomic E-state index is 12.7. The number of para-hydroxylation sites is 1. The highest BCUT2D eigenvalue weighted by Crippen LogP contribution is 2.32. The highest BCUT2D eigenvalue weighted by atomic mass is 16.6. The van der Waals surface area contributed by atoms with Gasteiger partial charge in [0.25, 0.3) is 11.6 Å². The van der Waals surface area contributed by atoms with Gasteiger partial charge in [-0.25, -0.2) is 0 Å². The molecule has 32 heavy (non-hydrogen) atoms. The van der Waals surface area contributed by atoms with Crippen LogP contribution in [-0.2, 0) is 4.79 Å². The van der Waals surface area contributed by atoms with E-state index < -0.39 is 10.8 Å². The number of benzene rings is 2. The lowest BCUT2D eigenvalue weighted by molar-refractivity contribution is -0.384. The number of carbonyl (C=O) groups is 1. The zero-order valence-electron chi connectivity index (χ0n) is 18.2. The zero-order chi connectivity index (χ0) is 23.4. The zero-order valence-corrected chi connectivity index (χ0v) is 18.2. The Labute approximate surface area is 185 Å². The SMILES string of the molecule is COc1cc([N+](=O)[O-])ccc1-n1c(C)cc(/C=C(/C#N)C(=O)Nc2ccccc2C)c1C. The summed E-state index contributed by atoms with van der Waals surface area (Å²) in [6.45, 7) is 5.58. The number of carbonyl (C=O) groups excluding carboxylic acids is 1. The number of aryl methyl sites for hydroxylation is 2. The minimum Gasteiger partial charge on any atom is -0.494 e. The third-order valence-electron chi connectivity index (χ3n) is 5.14. The van der Waals surface area contributed by atoms with Gasteiger partial charge in [0.05, 0.1) is 23.8 Å². The maximum Gasteiger partial charge on any atom is 0.273 e. The molecule has 3 aromatic rings. The number of nitro groups is 1. The number of methoxy groups -OCH3 is 1. The molecule has 0 spiro atoms. The summed E-state index contributed by atoms with van der Waals surface area (Å²) in [6, 6.07) is 15.5. The molecule has 2 aromatic carbocycles. The number of hydrogen-bond acceptors (Lipinski definition) is 5. The molecule has 0 atom stereocenters. The topological polar surface area (TPSA) is 110 Å². The van der Waals surface area contributed by atoms with Crippen LogP contribution in [0.1, 0.15) is 22.5 Å². The van der Waals surface area contributed by atoms with Crippen LogP contribution in [0.3, 0.4) is 0 Å². The molecule has 0 fully saturated rings. The van der Waals surface area contributed by atoms with Gasteiger partial charge in [0.1, 0.15) is 17.4 Å². The highest BCUT2D eigenvalue weighted by molar-refractivity contribution is 6.10. The van der Waals surface area contributed by atoms with E-state index in [1.54, 1.807) is 12.1 Å². The van der Waals surface area contributed by atoms with Gasteiger partial charge in [-0.2, -0.15) is 5.26 Å². The van der Waals surface area contributed by atoms with Gasteiger partial charge in [-0.05, 0) is 56.2 Å². The van der Waals surface area contributed by atoms with Crippen molar-refractivity contribution in [2.24, 2.45) is 0 Å². The number of hydrogen-bond donors (Lipinski definition) is 1. The number of nitrogens with one attached hydrogen (secondary N) is 1. The van der Waals surface area contributed by atoms with Crippen LogP contribution in [0.5, 0.6) is 5.75 Å². The van der Waals surface area contributed by atoms with Gasteiger partial charge in [0, 0.05) is 23.1 Å². The summed E-state index contributed by atoms with van der Waals surface area (Å²) in [5, 5.41) is 23.4. The molecule has 1 aromatic heterocycles. The molecule has 1 N–H and O–H groups in total. The Morgan fingerprint density at radius 2 is 1.91 bits per heavy atom. The van der Waals surface area contributed by atoms with Gasteiger partial charge in [-0.3, -0.25) is 14.9 Å². The van der Waals surface area contributed by atoms with Crippen molar-refractivity contribution < 1.29 is 14.5 Å². The van der Waals surface area contributed by atoms with E-state index in [0.717, 1.165) is 17.0 Å². The minimum atomic E-state index is -0.500. The summed E-state index contributed by atoms with van der Waals surface area (Å²) in [5.41, 5.74) is 4.29. The number of nitro benzene ring substituents is 1. The molecule has 0 saturated carbocycles. The predicted molar refractivity (Wildman–Crippen MR) is 122 cm³/mol. The Balaban J connectivity index is 2.01. The summed E-state index contributed by atoms with van der Waals surface area (Å²) < 4.78 is 7.23. The second-order valence-corrected chi connectivity index (χ2v) is 7.21. The van der Waals surface area contributed by atoms with Crippen molar-refractivity contribution in [2.75, 3.05) is 12.4 Å². The molecule has 8 heteroatoms. The van der Waals surface area contributed by atoms with Gasteiger partial charge < -0.3 is 14.6 Å². The fraction of sp³-hybridized carbons (Fsp3) is 0.167. The Bertz CT molecular complexity index is 1280. The molecule has 0 aliphatic rings. The predicted octanol–water partition coefficient (Wildman–Crippen LogP) is 4.87. The summed E-state index contributed by atoms with van der Waals surface area (Å²) in [5.74, 6) is -0.158. The van der Waals surface area contributed by atoms with Gasteiger partial charge >= 0.3 is 0 Å². The molecule has 0 saturated heterocycles. The number of amides is 1. The molecule has 0 aliphatic heterocycles. The Hall–Kier alpha value is -4.38. The van der Waals surface area contributed by atoms with Crippen LogP contribution >= 0.6 is 0 Å². The molecule has 1 heterocycles. The van der Waals surface area contributed by atoms with Crippen molar-refractivity contribution in [1.29, 1.82) is 5.26 Å². The number of nitrogens with zero attached hydrogens (tertiary/aromatic N) is 3. The smallest absolute Gasteiger partial charge is 0.273 e. The number of nitriles is 1. The van der Waals surface area contributed by atoms with E-state index in [0.29, 0.717) is 22.7 Å². The monoisotopic (exact) mass is 430 g/mol. The van der Waals surface area contributed by atoms with Gasteiger partial charge in [0.15, 0.2) is 0 Å². The van der Waals surface area contributed by atoms with Crippen molar-refractivity contribution in [3.05, 3.63) is 86.7 Å². The lowest BCUT2D eigenvalue weighted by Gasteiger charge is -2.14. The first-order valence-electron chi connectivity index (χ1n) is 9.77. The van der Waals surface area contributed by atoms with Crippen LogP contribution in [0.15, 0.2) is 54.1 Å². The van der Waals surface area contributed by atoms with Crippen molar-refractivity contribution in [3.63, 3.8) is 0 Å². The fourth-order valence-electron chi connectivity index (χ4n) is 3.48. The van der Waals surface area contributed by atoms with E-state index >= 15 is 0 Å². The van der Waals surface area contributed by atoms with E-state index in [1.807, 2.05) is 55.7 Å². The van der Waals surface area contributed by atoms with Crippen LogP contribution < -0.4 is 10.1 Å². The summed E-state index contributed by atoms with van der Waals surface area (Å²) >= 11 is 0. The number of ether oxygens (including phenoxy) is 1. The number of non-ortho nitro benzene ring substituents is 1. The first-order valence-corrected chi connectivity index (χ1v) is 9.77. The molecule has 1 amide bonds. The van der Waals surface area contributed by atoms with Gasteiger partial charge in [-0.15, -0.1) is 0 Å². The molecule has 162 valence electrons. The van der Waals surface area contributed by atoms with Gasteiger partial charge in [-0.1, -0.05) is 18.2 Å². The molecular weight excluding hydrogens is 408 g/mol. The normalized spacial score (nSPS) is 11.0. The van der Waals surface area contributed by atoms with E-state index in [-0.39, 0.29) is 11.3 Å². The van der Waals surface area contributed by atoms with E-state index in [9.17, 15) is 20.2 Å². The molecule has 8 nitrogen and oxygen atoms in total. The lowest BCUT2D eigenvalue weighted by Crippen LogP contribution is -2.14. The van der Waals surface area contributed by atoms with E-state index in [2.05, 4.69) is 5.32 Å². The van der Waals surface area contributed by atoms with Crippen molar-refractivity contribution in [3.8, 4) is 17.5 Å². The second-order valence-electron chi connectivity index (χ2n) is 7.21. The average molecular weight is 430 g/mol. The van der Waals surface area contributed by atoms with Crippen LogP contribution in [0.2, 0.25) is 0 Å².